The van der Waals surface area contributed by atoms with Crippen molar-refractivity contribution in [3.8, 4) is 0 Å². The molecular formula is C23H22O2S. The third kappa shape index (κ3) is 4.00. The van der Waals surface area contributed by atoms with Crippen LogP contribution in [0, 0.1) is 0 Å². The third-order valence-corrected chi connectivity index (χ3v) is 5.11. The quantitative estimate of drug-likeness (QED) is 0.421. The first-order valence-electron chi connectivity index (χ1n) is 9.01. The molecule has 1 heterocycles. The lowest BCUT2D eigenvalue weighted by atomic mass is 9.83. The van der Waals surface area contributed by atoms with E-state index in [2.05, 4.69) is 6.92 Å². The Morgan fingerprint density at radius 2 is 1.35 bits per heavy atom. The Labute approximate surface area is 158 Å². The van der Waals surface area contributed by atoms with Gasteiger partial charge in [0.25, 0.3) is 0 Å². The maximum Gasteiger partial charge on any atom is 0.194 e. The molecule has 0 N–H and O–H groups in total. The number of benzene rings is 2. The van der Waals surface area contributed by atoms with Crippen LogP contribution >= 0.6 is 11.3 Å². The summed E-state index contributed by atoms with van der Waals surface area (Å²) in [6, 6.07) is 16.8. The van der Waals surface area contributed by atoms with Crippen LogP contribution in [-0.2, 0) is 6.42 Å². The zero-order valence-electron chi connectivity index (χ0n) is 14.9. The fourth-order valence-electron chi connectivity index (χ4n) is 3.11. The largest absolute Gasteiger partial charge is 0.289 e. The van der Waals surface area contributed by atoms with Crippen LogP contribution in [0.1, 0.15) is 63.6 Å². The summed E-state index contributed by atoms with van der Waals surface area (Å²) < 4.78 is 0. The molecule has 1 aliphatic rings. The SMILES string of the molecule is CCCCCc1ccc2c(c1)C(=O)c1ccccc1C2=O.c1ccsc1. The smallest absolute Gasteiger partial charge is 0.194 e. The molecule has 26 heavy (non-hydrogen) atoms. The van der Waals surface area contributed by atoms with E-state index < -0.39 is 0 Å². The van der Waals surface area contributed by atoms with E-state index in [1.165, 1.54) is 12.8 Å². The van der Waals surface area contributed by atoms with Crippen molar-refractivity contribution in [2.45, 2.75) is 32.6 Å². The molecular weight excluding hydrogens is 340 g/mol. The van der Waals surface area contributed by atoms with Crippen LogP contribution in [0.2, 0.25) is 0 Å². The predicted molar refractivity (Wildman–Crippen MR) is 107 cm³/mol. The highest BCUT2D eigenvalue weighted by molar-refractivity contribution is 7.07. The van der Waals surface area contributed by atoms with Gasteiger partial charge in [0, 0.05) is 22.3 Å². The Morgan fingerprint density at radius 3 is 1.92 bits per heavy atom. The molecule has 0 fully saturated rings. The number of fused-ring (bicyclic) bond motifs is 2. The molecule has 2 aromatic carbocycles. The van der Waals surface area contributed by atoms with Crippen molar-refractivity contribution < 1.29 is 9.59 Å². The third-order valence-electron chi connectivity index (χ3n) is 4.48. The molecule has 0 atom stereocenters. The number of ketones is 2. The van der Waals surface area contributed by atoms with Gasteiger partial charge in [0.2, 0.25) is 0 Å². The minimum atomic E-state index is -0.0414. The van der Waals surface area contributed by atoms with Crippen molar-refractivity contribution in [1.29, 1.82) is 0 Å². The van der Waals surface area contributed by atoms with Gasteiger partial charge >= 0.3 is 0 Å². The minimum absolute atomic E-state index is 0.0301. The first kappa shape index (κ1) is 18.3. The van der Waals surface area contributed by atoms with Crippen LogP contribution in [0.5, 0.6) is 0 Å². The number of carbonyl (C=O) groups is 2. The molecule has 0 saturated carbocycles. The van der Waals surface area contributed by atoms with E-state index >= 15 is 0 Å². The van der Waals surface area contributed by atoms with Crippen LogP contribution in [0.4, 0.5) is 0 Å². The standard InChI is InChI=1S/C19H18O2.C4H4S/c1-2-3-4-7-13-10-11-16-17(12-13)19(21)15-9-6-5-8-14(15)18(16)20;1-2-4-5-3-1/h5-6,8-12H,2-4,7H2,1H3;1-4H. The first-order chi connectivity index (χ1) is 12.7. The van der Waals surface area contributed by atoms with Gasteiger partial charge in [-0.05, 0) is 35.2 Å². The number of hydrogen-bond acceptors (Lipinski definition) is 3. The molecule has 132 valence electrons. The van der Waals surface area contributed by atoms with Gasteiger partial charge in [0.05, 0.1) is 0 Å². The number of hydrogen-bond donors (Lipinski definition) is 0. The van der Waals surface area contributed by atoms with Gasteiger partial charge in [-0.15, -0.1) is 0 Å². The Hall–Kier alpha value is -2.52. The molecule has 0 aliphatic heterocycles. The van der Waals surface area contributed by atoms with Crippen molar-refractivity contribution in [2.24, 2.45) is 0 Å². The number of unbranched alkanes of at least 4 members (excludes halogenated alkanes) is 2. The van der Waals surface area contributed by atoms with Gasteiger partial charge in [-0.3, -0.25) is 9.59 Å². The van der Waals surface area contributed by atoms with E-state index in [-0.39, 0.29) is 11.6 Å². The molecule has 0 saturated heterocycles. The number of thiophene rings is 1. The fourth-order valence-corrected chi connectivity index (χ4v) is 3.56. The van der Waals surface area contributed by atoms with E-state index in [9.17, 15) is 9.59 Å². The summed E-state index contributed by atoms with van der Waals surface area (Å²) in [6.07, 6.45) is 4.45. The van der Waals surface area contributed by atoms with Gasteiger partial charge in [-0.1, -0.05) is 68.3 Å². The normalized spacial score (nSPS) is 12.0. The van der Waals surface area contributed by atoms with Crippen molar-refractivity contribution in [3.05, 3.63) is 93.2 Å². The lowest BCUT2D eigenvalue weighted by molar-refractivity contribution is 0.0979. The van der Waals surface area contributed by atoms with E-state index in [1.807, 2.05) is 41.1 Å². The molecule has 0 unspecified atom stereocenters. The van der Waals surface area contributed by atoms with Gasteiger partial charge < -0.3 is 0 Å². The highest BCUT2D eigenvalue weighted by Crippen LogP contribution is 2.28. The highest BCUT2D eigenvalue weighted by atomic mass is 32.1. The van der Waals surface area contributed by atoms with E-state index in [0.29, 0.717) is 22.3 Å². The summed E-state index contributed by atoms with van der Waals surface area (Å²) in [6.45, 7) is 2.17. The average Bonchev–Trinajstić information content (AvgIpc) is 3.26. The van der Waals surface area contributed by atoms with Crippen molar-refractivity contribution in [1.82, 2.24) is 0 Å². The summed E-state index contributed by atoms with van der Waals surface area (Å²) in [5.74, 6) is -0.0714. The Balaban J connectivity index is 0.000000339. The Bertz CT molecular complexity index is 877. The number of aryl methyl sites for hydroxylation is 1. The van der Waals surface area contributed by atoms with Crippen LogP contribution < -0.4 is 0 Å². The van der Waals surface area contributed by atoms with E-state index in [1.54, 1.807) is 35.6 Å². The minimum Gasteiger partial charge on any atom is -0.289 e. The molecule has 0 bridgehead atoms. The zero-order valence-corrected chi connectivity index (χ0v) is 15.7. The Morgan fingerprint density at radius 1 is 0.731 bits per heavy atom. The molecule has 2 nitrogen and oxygen atoms in total. The Kier molecular flexibility index (Phi) is 6.13. The van der Waals surface area contributed by atoms with Crippen molar-refractivity contribution >= 4 is 22.9 Å². The van der Waals surface area contributed by atoms with E-state index in [4.69, 9.17) is 0 Å². The van der Waals surface area contributed by atoms with Crippen LogP contribution in [-0.4, -0.2) is 11.6 Å². The summed E-state index contributed by atoms with van der Waals surface area (Å²) in [4.78, 5) is 25.1. The lowest BCUT2D eigenvalue weighted by Gasteiger charge is -2.18. The molecule has 0 radical (unpaired) electrons. The van der Waals surface area contributed by atoms with Gasteiger partial charge in [0.1, 0.15) is 0 Å². The fraction of sp³-hybridized carbons (Fsp3) is 0.217. The maximum atomic E-state index is 12.6. The lowest BCUT2D eigenvalue weighted by Crippen LogP contribution is -2.20. The zero-order chi connectivity index (χ0) is 18.4. The topological polar surface area (TPSA) is 34.1 Å². The molecule has 3 aromatic rings. The highest BCUT2D eigenvalue weighted by Gasteiger charge is 2.29. The predicted octanol–water partition coefficient (Wildman–Crippen LogP) is 5.94. The van der Waals surface area contributed by atoms with Crippen molar-refractivity contribution in [2.75, 3.05) is 0 Å². The first-order valence-corrected chi connectivity index (χ1v) is 9.95. The average molecular weight is 362 g/mol. The number of carbonyl (C=O) groups excluding carboxylic acids is 2. The van der Waals surface area contributed by atoms with Gasteiger partial charge in [-0.2, -0.15) is 11.3 Å². The molecule has 4 rings (SSSR count). The molecule has 0 amide bonds. The van der Waals surface area contributed by atoms with E-state index in [0.717, 1.165) is 18.4 Å². The molecule has 3 heteroatoms. The van der Waals surface area contributed by atoms with Crippen LogP contribution in [0.15, 0.2) is 65.4 Å². The second-order valence-electron chi connectivity index (χ2n) is 6.33. The van der Waals surface area contributed by atoms with Crippen LogP contribution in [0.3, 0.4) is 0 Å². The molecule has 1 aliphatic carbocycles. The second kappa shape index (κ2) is 8.72. The second-order valence-corrected chi connectivity index (χ2v) is 7.15. The van der Waals surface area contributed by atoms with Crippen LogP contribution in [0.25, 0.3) is 0 Å². The maximum absolute atomic E-state index is 12.6. The summed E-state index contributed by atoms with van der Waals surface area (Å²) in [7, 11) is 0. The summed E-state index contributed by atoms with van der Waals surface area (Å²) in [5, 5.41) is 4.08. The monoisotopic (exact) mass is 362 g/mol. The summed E-state index contributed by atoms with van der Waals surface area (Å²) >= 11 is 1.71. The van der Waals surface area contributed by atoms with Crippen molar-refractivity contribution in [3.63, 3.8) is 0 Å². The summed E-state index contributed by atoms with van der Waals surface area (Å²) in [5.41, 5.74) is 3.29. The molecule has 1 aromatic heterocycles. The van der Waals surface area contributed by atoms with Gasteiger partial charge in [-0.25, -0.2) is 0 Å². The molecule has 0 spiro atoms. The number of rotatable bonds is 4. The van der Waals surface area contributed by atoms with Gasteiger partial charge in [0.15, 0.2) is 11.6 Å².